The van der Waals surface area contributed by atoms with Crippen molar-refractivity contribution in [3.05, 3.63) is 35.9 Å². The van der Waals surface area contributed by atoms with Gasteiger partial charge in [0.15, 0.2) is 17.6 Å². The lowest BCUT2D eigenvalue weighted by Gasteiger charge is -2.09. The molecule has 2 N–H and O–H groups in total. The second kappa shape index (κ2) is 4.01. The third-order valence-corrected chi connectivity index (χ3v) is 3.22. The lowest BCUT2D eigenvalue weighted by molar-refractivity contribution is 0.0852. The van der Waals surface area contributed by atoms with Crippen LogP contribution in [0, 0.1) is 0 Å². The van der Waals surface area contributed by atoms with Gasteiger partial charge in [0.05, 0.1) is 12.0 Å². The highest BCUT2D eigenvalue weighted by Crippen LogP contribution is 2.43. The minimum atomic E-state index is -0.719. The second-order valence-corrected chi connectivity index (χ2v) is 4.44. The third-order valence-electron chi connectivity index (χ3n) is 3.22. The van der Waals surface area contributed by atoms with Gasteiger partial charge in [-0.3, -0.25) is 4.79 Å². The van der Waals surface area contributed by atoms with E-state index in [4.69, 9.17) is 4.74 Å². The number of Topliss-reactive ketones (excluding diaryl/α,β-unsaturated/α-hetero) is 1. The largest absolute Gasteiger partial charge is 0.504 e. The van der Waals surface area contributed by atoms with E-state index in [2.05, 4.69) is 4.98 Å². The number of carbonyl (C=O) groups excluding carboxylic acids is 1. The highest BCUT2D eigenvalue weighted by Gasteiger charge is 2.36. The molecular formula is C13H12N2O4. The maximum Gasteiger partial charge on any atom is 0.207 e. The molecule has 19 heavy (non-hydrogen) atoms. The van der Waals surface area contributed by atoms with Crippen molar-refractivity contribution in [2.24, 2.45) is 7.05 Å². The maximum absolute atomic E-state index is 12.1. The Morgan fingerprint density at radius 1 is 1.42 bits per heavy atom. The van der Waals surface area contributed by atoms with E-state index in [-0.39, 0.29) is 22.8 Å². The van der Waals surface area contributed by atoms with Gasteiger partial charge in [-0.2, -0.15) is 0 Å². The predicted octanol–water partition coefficient (Wildman–Crippen LogP) is 1.02. The topological polar surface area (TPSA) is 84.6 Å². The summed E-state index contributed by atoms with van der Waals surface area (Å²) in [5.41, 5.74) is 0.287. The van der Waals surface area contributed by atoms with Crippen molar-refractivity contribution in [1.82, 2.24) is 9.55 Å². The van der Waals surface area contributed by atoms with Crippen LogP contribution in [0.15, 0.2) is 24.5 Å². The molecule has 0 saturated heterocycles. The van der Waals surface area contributed by atoms with Crippen LogP contribution in [0.4, 0.5) is 0 Å². The number of rotatable bonds is 2. The predicted molar refractivity (Wildman–Crippen MR) is 65.4 cm³/mol. The Hall–Kier alpha value is -2.50. The van der Waals surface area contributed by atoms with E-state index in [0.29, 0.717) is 6.42 Å². The van der Waals surface area contributed by atoms with Gasteiger partial charge in [-0.25, -0.2) is 4.98 Å². The molecule has 0 amide bonds. The molecule has 0 spiro atoms. The standard InChI is InChI=1S/C13H12N2O4/c1-15-5-4-14-10(15)6-9-11(17)7-2-3-8(16)12(18)13(7)19-9/h2-5,9,16,18H,6H2,1H3. The van der Waals surface area contributed by atoms with E-state index >= 15 is 0 Å². The number of ketones is 1. The highest BCUT2D eigenvalue weighted by molar-refractivity contribution is 6.05. The Balaban J connectivity index is 1.91. The summed E-state index contributed by atoms with van der Waals surface area (Å²) in [6.07, 6.45) is 3.02. The van der Waals surface area contributed by atoms with Gasteiger partial charge in [0, 0.05) is 19.4 Å². The number of nitrogens with zero attached hydrogens (tertiary/aromatic N) is 2. The molecule has 1 aliphatic rings. The van der Waals surface area contributed by atoms with E-state index < -0.39 is 11.9 Å². The van der Waals surface area contributed by atoms with E-state index in [1.54, 1.807) is 17.0 Å². The highest BCUT2D eigenvalue weighted by atomic mass is 16.5. The molecular weight excluding hydrogens is 248 g/mol. The molecule has 0 fully saturated rings. The van der Waals surface area contributed by atoms with Crippen LogP contribution in [0.1, 0.15) is 16.2 Å². The van der Waals surface area contributed by atoms with Crippen molar-refractivity contribution in [3.8, 4) is 17.2 Å². The molecule has 1 unspecified atom stereocenters. The zero-order valence-corrected chi connectivity index (χ0v) is 10.2. The molecule has 0 bridgehead atoms. The van der Waals surface area contributed by atoms with Crippen LogP contribution < -0.4 is 4.74 Å². The Morgan fingerprint density at radius 3 is 2.89 bits per heavy atom. The number of hydrogen-bond acceptors (Lipinski definition) is 5. The molecule has 2 aromatic rings. The minimum absolute atomic E-state index is 0.0456. The van der Waals surface area contributed by atoms with Crippen LogP contribution in [-0.2, 0) is 13.5 Å². The Bertz CT molecular complexity index is 663. The monoisotopic (exact) mass is 260 g/mol. The van der Waals surface area contributed by atoms with E-state index in [9.17, 15) is 15.0 Å². The van der Waals surface area contributed by atoms with Gasteiger partial charge in [-0.05, 0) is 12.1 Å². The van der Waals surface area contributed by atoms with Crippen molar-refractivity contribution < 1.29 is 19.7 Å². The van der Waals surface area contributed by atoms with Crippen molar-refractivity contribution in [3.63, 3.8) is 0 Å². The Morgan fingerprint density at radius 2 is 2.21 bits per heavy atom. The summed E-state index contributed by atoms with van der Waals surface area (Å²) in [5, 5.41) is 19.1. The van der Waals surface area contributed by atoms with Crippen molar-refractivity contribution >= 4 is 5.78 Å². The Labute approximate surface area is 108 Å². The number of benzene rings is 1. The average molecular weight is 260 g/mol. The van der Waals surface area contributed by atoms with E-state index in [1.807, 2.05) is 7.05 Å². The number of carbonyl (C=O) groups is 1. The first-order valence-corrected chi connectivity index (χ1v) is 5.80. The second-order valence-electron chi connectivity index (χ2n) is 4.44. The SMILES string of the molecule is Cn1ccnc1CC1Oc2c(ccc(O)c2O)C1=O. The average Bonchev–Trinajstić information content (AvgIpc) is 2.92. The minimum Gasteiger partial charge on any atom is -0.504 e. The number of aromatic nitrogens is 2. The Kier molecular flexibility index (Phi) is 2.45. The van der Waals surface area contributed by atoms with E-state index in [1.165, 1.54) is 12.1 Å². The normalized spacial score (nSPS) is 17.3. The molecule has 3 rings (SSSR count). The first-order chi connectivity index (χ1) is 9.08. The van der Waals surface area contributed by atoms with Crippen LogP contribution in [0.3, 0.4) is 0 Å². The van der Waals surface area contributed by atoms with Crippen LogP contribution >= 0.6 is 0 Å². The molecule has 1 aliphatic heterocycles. The number of hydrogen-bond donors (Lipinski definition) is 2. The van der Waals surface area contributed by atoms with Crippen molar-refractivity contribution in [2.75, 3.05) is 0 Å². The number of aromatic hydroxyl groups is 2. The first kappa shape index (κ1) is 11.6. The summed E-state index contributed by atoms with van der Waals surface area (Å²) in [6.45, 7) is 0. The molecule has 1 aromatic heterocycles. The fourth-order valence-electron chi connectivity index (χ4n) is 2.14. The molecule has 0 radical (unpaired) electrons. The van der Waals surface area contributed by atoms with Gasteiger partial charge in [-0.15, -0.1) is 0 Å². The first-order valence-electron chi connectivity index (χ1n) is 5.80. The van der Waals surface area contributed by atoms with Gasteiger partial charge in [0.25, 0.3) is 0 Å². The summed E-state index contributed by atoms with van der Waals surface area (Å²) in [7, 11) is 1.83. The van der Waals surface area contributed by atoms with Crippen LogP contribution in [0.5, 0.6) is 17.2 Å². The number of aryl methyl sites for hydroxylation is 1. The van der Waals surface area contributed by atoms with Crippen LogP contribution in [-0.4, -0.2) is 31.7 Å². The smallest absolute Gasteiger partial charge is 0.207 e. The van der Waals surface area contributed by atoms with E-state index in [0.717, 1.165) is 5.82 Å². The summed E-state index contributed by atoms with van der Waals surface area (Å²) < 4.78 is 7.25. The van der Waals surface area contributed by atoms with Gasteiger partial charge in [-0.1, -0.05) is 0 Å². The number of fused-ring (bicyclic) bond motifs is 1. The summed E-state index contributed by atoms with van der Waals surface area (Å²) in [5.74, 6) is -0.148. The molecule has 98 valence electrons. The van der Waals surface area contributed by atoms with Crippen molar-refractivity contribution in [2.45, 2.75) is 12.5 Å². The van der Waals surface area contributed by atoms with Gasteiger partial charge in [0.1, 0.15) is 5.82 Å². The quantitative estimate of drug-likeness (QED) is 0.787. The van der Waals surface area contributed by atoms with Crippen molar-refractivity contribution in [1.29, 1.82) is 0 Å². The summed E-state index contributed by atoms with van der Waals surface area (Å²) >= 11 is 0. The fourth-order valence-corrected chi connectivity index (χ4v) is 2.14. The van der Waals surface area contributed by atoms with Crippen LogP contribution in [0.2, 0.25) is 0 Å². The number of ether oxygens (including phenoxy) is 1. The molecule has 2 heterocycles. The lowest BCUT2D eigenvalue weighted by Crippen LogP contribution is -2.24. The van der Waals surface area contributed by atoms with Gasteiger partial charge in [0.2, 0.25) is 11.5 Å². The molecule has 0 aliphatic carbocycles. The molecule has 1 aromatic carbocycles. The zero-order valence-electron chi connectivity index (χ0n) is 10.2. The fraction of sp³-hybridized carbons (Fsp3) is 0.231. The van der Waals surface area contributed by atoms with Gasteiger partial charge >= 0.3 is 0 Å². The number of imidazole rings is 1. The summed E-state index contributed by atoms with van der Waals surface area (Å²) in [4.78, 5) is 16.3. The molecule has 6 heteroatoms. The lowest BCUT2D eigenvalue weighted by atomic mass is 10.1. The zero-order chi connectivity index (χ0) is 13.6. The number of phenolic OH excluding ortho intramolecular Hbond substituents is 2. The maximum atomic E-state index is 12.1. The summed E-state index contributed by atoms with van der Waals surface area (Å²) in [6, 6.07) is 2.73. The van der Waals surface area contributed by atoms with Crippen LogP contribution in [0.25, 0.3) is 0 Å². The third kappa shape index (κ3) is 1.72. The van der Waals surface area contributed by atoms with Gasteiger partial charge < -0.3 is 19.5 Å². The molecule has 1 atom stereocenters. The molecule has 0 saturated carbocycles. The number of phenols is 2. The molecule has 6 nitrogen and oxygen atoms in total.